The fraction of sp³-hybridized carbons (Fsp3) is 0.294. The van der Waals surface area contributed by atoms with Crippen molar-refractivity contribution in [2.75, 3.05) is 19.7 Å². The van der Waals surface area contributed by atoms with Gasteiger partial charge in [-0.1, -0.05) is 11.6 Å². The maximum absolute atomic E-state index is 12.2. The summed E-state index contributed by atoms with van der Waals surface area (Å²) in [5, 5.41) is 3.43. The van der Waals surface area contributed by atoms with Crippen LogP contribution in [0.3, 0.4) is 0 Å². The number of halogens is 1. The van der Waals surface area contributed by atoms with E-state index in [-0.39, 0.29) is 18.4 Å². The maximum Gasteiger partial charge on any atom is 0.267 e. The van der Waals surface area contributed by atoms with Crippen LogP contribution in [0, 0.1) is 0 Å². The molecule has 0 saturated carbocycles. The van der Waals surface area contributed by atoms with E-state index >= 15 is 0 Å². The summed E-state index contributed by atoms with van der Waals surface area (Å²) in [6.45, 7) is 1.17. The van der Waals surface area contributed by atoms with Crippen molar-refractivity contribution >= 4 is 23.4 Å². The van der Waals surface area contributed by atoms with Gasteiger partial charge in [0.2, 0.25) is 0 Å². The van der Waals surface area contributed by atoms with Gasteiger partial charge in [-0.05, 0) is 30.3 Å². The number of carbonyl (C=O) groups excluding carboxylic acids is 2. The summed E-state index contributed by atoms with van der Waals surface area (Å²) in [4.78, 5) is 25.9. The number of aryl methyl sites for hydroxylation is 1. The second kappa shape index (κ2) is 6.97. The van der Waals surface area contributed by atoms with Crippen LogP contribution in [0.4, 0.5) is 0 Å². The van der Waals surface area contributed by atoms with E-state index in [0.29, 0.717) is 36.1 Å². The van der Waals surface area contributed by atoms with E-state index in [1.807, 2.05) is 19.3 Å². The third kappa shape index (κ3) is 3.54. The van der Waals surface area contributed by atoms with Crippen molar-refractivity contribution in [2.24, 2.45) is 7.05 Å². The quantitative estimate of drug-likeness (QED) is 0.917. The molecule has 0 aliphatic carbocycles. The van der Waals surface area contributed by atoms with Gasteiger partial charge in [0.25, 0.3) is 11.8 Å². The molecule has 2 amide bonds. The predicted molar refractivity (Wildman–Crippen MR) is 90.1 cm³/mol. The lowest BCUT2D eigenvalue weighted by Gasteiger charge is -2.20. The summed E-state index contributed by atoms with van der Waals surface area (Å²) < 4.78 is 7.26. The number of rotatable bonds is 4. The first-order valence-electron chi connectivity index (χ1n) is 7.63. The van der Waals surface area contributed by atoms with Crippen molar-refractivity contribution in [1.82, 2.24) is 14.8 Å². The highest BCUT2D eigenvalue weighted by atomic mass is 35.5. The molecule has 1 aliphatic rings. The van der Waals surface area contributed by atoms with Crippen LogP contribution in [0.5, 0.6) is 5.75 Å². The molecule has 0 saturated heterocycles. The van der Waals surface area contributed by atoms with Gasteiger partial charge in [-0.2, -0.15) is 0 Å². The Bertz CT molecular complexity index is 772. The summed E-state index contributed by atoms with van der Waals surface area (Å²) in [5.41, 5.74) is 1.44. The number of amides is 2. The van der Waals surface area contributed by atoms with Crippen molar-refractivity contribution in [3.8, 4) is 5.75 Å². The Morgan fingerprint density at radius 1 is 1.38 bits per heavy atom. The van der Waals surface area contributed by atoms with Crippen molar-refractivity contribution in [2.45, 2.75) is 6.54 Å². The average Bonchev–Trinajstić information content (AvgIpc) is 2.92. The van der Waals surface area contributed by atoms with Gasteiger partial charge >= 0.3 is 0 Å². The minimum absolute atomic E-state index is 0.0135. The number of ether oxygens (including phenoxy) is 1. The Morgan fingerprint density at radius 3 is 2.96 bits per heavy atom. The molecule has 1 aromatic heterocycles. The van der Waals surface area contributed by atoms with E-state index in [0.717, 1.165) is 5.56 Å². The highest BCUT2D eigenvalue weighted by molar-refractivity contribution is 6.30. The molecule has 0 fully saturated rings. The van der Waals surface area contributed by atoms with Crippen LogP contribution in [-0.4, -0.2) is 41.0 Å². The number of hydrogen-bond acceptors (Lipinski definition) is 3. The summed E-state index contributed by atoms with van der Waals surface area (Å²) in [6.07, 6.45) is 1.81. The molecule has 2 heterocycles. The molecule has 1 N–H and O–H groups in total. The van der Waals surface area contributed by atoms with E-state index < -0.39 is 0 Å². The average molecular weight is 348 g/mol. The molecule has 0 bridgehead atoms. The number of nitrogens with zero attached hydrogens (tertiary/aromatic N) is 2. The molecule has 126 valence electrons. The standard InChI is InChI=1S/C17H18ClN3O3/c1-20-7-2-3-14(20)17(23)19-6-8-21-10-12-9-13(18)4-5-15(12)24-11-16(21)22/h2-5,7,9H,6,8,10-11H2,1H3,(H,19,23). The lowest BCUT2D eigenvalue weighted by Crippen LogP contribution is -2.39. The summed E-state index contributed by atoms with van der Waals surface area (Å²) in [6, 6.07) is 8.86. The lowest BCUT2D eigenvalue weighted by atomic mass is 10.2. The largest absolute Gasteiger partial charge is 0.483 e. The van der Waals surface area contributed by atoms with Crippen molar-refractivity contribution in [3.63, 3.8) is 0 Å². The Morgan fingerprint density at radius 2 is 2.21 bits per heavy atom. The Labute approximate surface area is 145 Å². The van der Waals surface area contributed by atoms with Gasteiger partial charge in [-0.3, -0.25) is 9.59 Å². The topological polar surface area (TPSA) is 63.6 Å². The molecule has 0 unspecified atom stereocenters. The van der Waals surface area contributed by atoms with Gasteiger partial charge in [0.1, 0.15) is 11.4 Å². The van der Waals surface area contributed by atoms with Gasteiger partial charge < -0.3 is 19.5 Å². The monoisotopic (exact) mass is 347 g/mol. The van der Waals surface area contributed by atoms with Gasteiger partial charge in [0.15, 0.2) is 6.61 Å². The van der Waals surface area contributed by atoms with E-state index in [1.165, 1.54) is 0 Å². The van der Waals surface area contributed by atoms with E-state index in [9.17, 15) is 9.59 Å². The van der Waals surface area contributed by atoms with Gasteiger partial charge in [-0.15, -0.1) is 0 Å². The number of fused-ring (bicyclic) bond motifs is 1. The Hall–Kier alpha value is -2.47. The first-order valence-corrected chi connectivity index (χ1v) is 8.01. The minimum Gasteiger partial charge on any atom is -0.483 e. The lowest BCUT2D eigenvalue weighted by molar-refractivity contribution is -0.133. The van der Waals surface area contributed by atoms with Crippen LogP contribution in [0.1, 0.15) is 16.1 Å². The summed E-state index contributed by atoms with van der Waals surface area (Å²) >= 11 is 6.01. The second-order valence-electron chi connectivity index (χ2n) is 5.62. The first kappa shape index (κ1) is 16.4. The van der Waals surface area contributed by atoms with Crippen LogP contribution < -0.4 is 10.1 Å². The zero-order valence-electron chi connectivity index (χ0n) is 13.3. The summed E-state index contributed by atoms with van der Waals surface area (Å²) in [7, 11) is 1.81. The normalized spacial score (nSPS) is 13.9. The SMILES string of the molecule is Cn1cccc1C(=O)NCCN1Cc2cc(Cl)ccc2OCC1=O. The van der Waals surface area contributed by atoms with Crippen molar-refractivity contribution in [3.05, 3.63) is 52.8 Å². The Balaban J connectivity index is 1.61. The third-order valence-electron chi connectivity index (χ3n) is 3.93. The number of nitrogens with one attached hydrogen (secondary N) is 1. The number of benzene rings is 1. The predicted octanol–water partition coefficient (Wildman–Crippen LogP) is 1.83. The number of aromatic nitrogens is 1. The fourth-order valence-corrected chi connectivity index (χ4v) is 2.83. The van der Waals surface area contributed by atoms with E-state index in [2.05, 4.69) is 5.32 Å². The zero-order valence-corrected chi connectivity index (χ0v) is 14.0. The zero-order chi connectivity index (χ0) is 17.1. The first-order chi connectivity index (χ1) is 11.5. The van der Waals surface area contributed by atoms with Crippen LogP contribution in [0.25, 0.3) is 0 Å². The van der Waals surface area contributed by atoms with Gasteiger partial charge in [-0.25, -0.2) is 0 Å². The van der Waals surface area contributed by atoms with Crippen LogP contribution in [0.2, 0.25) is 5.02 Å². The van der Waals surface area contributed by atoms with Gasteiger partial charge in [0.05, 0.1) is 0 Å². The molecule has 0 radical (unpaired) electrons. The smallest absolute Gasteiger partial charge is 0.267 e. The molecule has 1 aliphatic heterocycles. The highest BCUT2D eigenvalue weighted by Crippen LogP contribution is 2.26. The molecule has 2 aromatic rings. The number of carbonyl (C=O) groups is 2. The van der Waals surface area contributed by atoms with E-state index in [4.69, 9.17) is 16.3 Å². The van der Waals surface area contributed by atoms with Crippen LogP contribution >= 0.6 is 11.6 Å². The molecule has 3 rings (SSSR count). The molecule has 24 heavy (non-hydrogen) atoms. The van der Waals surface area contributed by atoms with Crippen molar-refractivity contribution in [1.29, 1.82) is 0 Å². The molecular formula is C17H18ClN3O3. The number of hydrogen-bond donors (Lipinski definition) is 1. The molecule has 7 heteroatoms. The molecular weight excluding hydrogens is 330 g/mol. The maximum atomic E-state index is 12.2. The summed E-state index contributed by atoms with van der Waals surface area (Å²) in [5.74, 6) is 0.392. The fourth-order valence-electron chi connectivity index (χ4n) is 2.63. The van der Waals surface area contributed by atoms with E-state index in [1.54, 1.807) is 33.7 Å². The second-order valence-corrected chi connectivity index (χ2v) is 6.05. The molecule has 1 aromatic carbocycles. The van der Waals surface area contributed by atoms with Gasteiger partial charge in [0, 0.05) is 43.5 Å². The van der Waals surface area contributed by atoms with Crippen molar-refractivity contribution < 1.29 is 14.3 Å². The minimum atomic E-state index is -0.163. The molecule has 0 atom stereocenters. The Kier molecular flexibility index (Phi) is 4.76. The highest BCUT2D eigenvalue weighted by Gasteiger charge is 2.21. The van der Waals surface area contributed by atoms with Crippen LogP contribution in [0.15, 0.2) is 36.5 Å². The van der Waals surface area contributed by atoms with Crippen LogP contribution in [-0.2, 0) is 18.4 Å². The third-order valence-corrected chi connectivity index (χ3v) is 4.17. The molecule has 0 spiro atoms. The molecule has 6 nitrogen and oxygen atoms in total.